The van der Waals surface area contributed by atoms with Crippen LogP contribution < -0.4 is 5.32 Å². The van der Waals surface area contributed by atoms with E-state index in [1.165, 1.54) is 29.5 Å². The average Bonchev–Trinajstić information content (AvgIpc) is 2.75. The molecule has 0 spiro atoms. The molecule has 0 atom stereocenters. The minimum Gasteiger partial charge on any atom is -0.296 e. The van der Waals surface area contributed by atoms with Gasteiger partial charge < -0.3 is 0 Å². The van der Waals surface area contributed by atoms with Gasteiger partial charge in [-0.2, -0.15) is 0 Å². The van der Waals surface area contributed by atoms with Crippen molar-refractivity contribution in [1.29, 1.82) is 0 Å². The Bertz CT molecular complexity index is 586. The smallest absolute Gasteiger partial charge is 0.257 e. The number of rotatable bonds is 4. The van der Waals surface area contributed by atoms with Gasteiger partial charge >= 0.3 is 0 Å². The van der Waals surface area contributed by atoms with Crippen LogP contribution in [0.5, 0.6) is 0 Å². The van der Waals surface area contributed by atoms with Gasteiger partial charge in [0.2, 0.25) is 5.13 Å². The number of hydrogen-bond donors (Lipinski definition) is 1. The fourth-order valence-electron chi connectivity index (χ4n) is 1.31. The molecular weight excluding hydrogens is 285 g/mol. The molecule has 100 valence electrons. The Kier molecular flexibility index (Phi) is 4.49. The Labute approximate surface area is 118 Å². The number of halogens is 1. The van der Waals surface area contributed by atoms with Gasteiger partial charge in [-0.15, -0.1) is 10.2 Å². The van der Waals surface area contributed by atoms with E-state index in [-0.39, 0.29) is 5.56 Å². The largest absolute Gasteiger partial charge is 0.296 e. The third-order valence-electron chi connectivity index (χ3n) is 2.05. The predicted molar refractivity (Wildman–Crippen MR) is 75.3 cm³/mol. The quantitative estimate of drug-likeness (QED) is 0.694. The molecule has 0 fully saturated rings. The molecule has 0 aliphatic heterocycles. The van der Waals surface area contributed by atoms with E-state index in [1.807, 2.05) is 0 Å². The summed E-state index contributed by atoms with van der Waals surface area (Å²) in [6.45, 7) is 4.11. The number of nitrogens with one attached hydrogen (secondary N) is 1. The van der Waals surface area contributed by atoms with E-state index >= 15 is 0 Å². The van der Waals surface area contributed by atoms with Crippen molar-refractivity contribution >= 4 is 34.1 Å². The average molecular weight is 297 g/mol. The van der Waals surface area contributed by atoms with Crippen molar-refractivity contribution in [2.75, 3.05) is 5.32 Å². The van der Waals surface area contributed by atoms with E-state index in [9.17, 15) is 9.18 Å². The highest BCUT2D eigenvalue weighted by atomic mass is 32.2. The number of benzene rings is 1. The summed E-state index contributed by atoms with van der Waals surface area (Å²) in [5, 5.41) is 11.3. The van der Waals surface area contributed by atoms with Gasteiger partial charge in [0.1, 0.15) is 5.82 Å². The summed E-state index contributed by atoms with van der Waals surface area (Å²) in [4.78, 5) is 11.9. The van der Waals surface area contributed by atoms with Crippen LogP contribution in [-0.4, -0.2) is 21.4 Å². The van der Waals surface area contributed by atoms with E-state index in [0.717, 1.165) is 4.34 Å². The normalized spacial score (nSPS) is 10.7. The number of carbonyl (C=O) groups excluding carboxylic acids is 1. The fourth-order valence-corrected chi connectivity index (χ4v) is 3.28. The molecule has 1 heterocycles. The van der Waals surface area contributed by atoms with Crippen LogP contribution in [-0.2, 0) is 0 Å². The van der Waals surface area contributed by atoms with E-state index < -0.39 is 11.7 Å². The SMILES string of the molecule is CC(C)Sc1nnc(NC(=O)c2cccc(F)c2)s1. The molecule has 0 aliphatic carbocycles. The Hall–Kier alpha value is -1.47. The van der Waals surface area contributed by atoms with Crippen LogP contribution in [0.3, 0.4) is 0 Å². The molecule has 0 bridgehead atoms. The Morgan fingerprint density at radius 1 is 1.42 bits per heavy atom. The van der Waals surface area contributed by atoms with E-state index in [4.69, 9.17) is 0 Å². The summed E-state index contributed by atoms with van der Waals surface area (Å²) in [5.41, 5.74) is 0.258. The number of hydrogen-bond acceptors (Lipinski definition) is 5. The second kappa shape index (κ2) is 6.12. The van der Waals surface area contributed by atoms with Gasteiger partial charge in [-0.25, -0.2) is 4.39 Å². The maximum atomic E-state index is 13.0. The van der Waals surface area contributed by atoms with Crippen molar-refractivity contribution in [3.8, 4) is 0 Å². The Morgan fingerprint density at radius 3 is 2.89 bits per heavy atom. The summed E-state index contributed by atoms with van der Waals surface area (Å²) in [6, 6.07) is 5.51. The summed E-state index contributed by atoms with van der Waals surface area (Å²) < 4.78 is 13.8. The van der Waals surface area contributed by atoms with Gasteiger partial charge in [0.05, 0.1) is 0 Å². The zero-order valence-electron chi connectivity index (χ0n) is 10.4. The van der Waals surface area contributed by atoms with Crippen LogP contribution in [0.4, 0.5) is 9.52 Å². The lowest BCUT2D eigenvalue weighted by molar-refractivity contribution is 0.102. The second-order valence-corrected chi connectivity index (χ2v) is 6.81. The first-order valence-electron chi connectivity index (χ1n) is 5.61. The third kappa shape index (κ3) is 4.00. The molecule has 1 aromatic carbocycles. The van der Waals surface area contributed by atoms with Crippen molar-refractivity contribution in [2.45, 2.75) is 23.4 Å². The van der Waals surface area contributed by atoms with Crippen LogP contribution >= 0.6 is 23.1 Å². The Morgan fingerprint density at radius 2 is 2.21 bits per heavy atom. The highest BCUT2D eigenvalue weighted by molar-refractivity contribution is 8.01. The molecule has 0 saturated heterocycles. The molecule has 4 nitrogen and oxygen atoms in total. The van der Waals surface area contributed by atoms with Crippen molar-refractivity contribution in [3.05, 3.63) is 35.6 Å². The minimum atomic E-state index is -0.444. The number of nitrogens with zero attached hydrogens (tertiary/aromatic N) is 2. The molecule has 0 radical (unpaired) electrons. The highest BCUT2D eigenvalue weighted by Gasteiger charge is 2.11. The molecule has 2 rings (SSSR count). The maximum Gasteiger partial charge on any atom is 0.257 e. The molecule has 1 aromatic heterocycles. The summed E-state index contributed by atoms with van der Waals surface area (Å²) in [5.74, 6) is -0.835. The first kappa shape index (κ1) is 14.0. The maximum absolute atomic E-state index is 13.0. The monoisotopic (exact) mass is 297 g/mol. The molecule has 0 unspecified atom stereocenters. The van der Waals surface area contributed by atoms with Crippen molar-refractivity contribution in [2.24, 2.45) is 0 Å². The number of carbonyl (C=O) groups is 1. The zero-order chi connectivity index (χ0) is 13.8. The lowest BCUT2D eigenvalue weighted by Crippen LogP contribution is -2.11. The van der Waals surface area contributed by atoms with Crippen molar-refractivity contribution in [3.63, 3.8) is 0 Å². The standard InChI is InChI=1S/C12H12FN3OS2/c1-7(2)18-12-16-15-11(19-12)14-10(17)8-4-3-5-9(13)6-8/h3-7H,1-2H3,(H,14,15,17). The van der Waals surface area contributed by atoms with Gasteiger partial charge in [0.15, 0.2) is 4.34 Å². The van der Waals surface area contributed by atoms with E-state index in [0.29, 0.717) is 10.4 Å². The van der Waals surface area contributed by atoms with Crippen LogP contribution in [0.2, 0.25) is 0 Å². The second-order valence-electron chi connectivity index (χ2n) is 4.00. The first-order valence-corrected chi connectivity index (χ1v) is 7.31. The molecule has 0 saturated carbocycles. The van der Waals surface area contributed by atoms with Gasteiger partial charge in [0.25, 0.3) is 5.91 Å². The highest BCUT2D eigenvalue weighted by Crippen LogP contribution is 2.28. The summed E-state index contributed by atoms with van der Waals surface area (Å²) in [7, 11) is 0. The third-order valence-corrected chi connectivity index (χ3v) is 3.98. The topological polar surface area (TPSA) is 54.9 Å². The number of anilines is 1. The predicted octanol–water partition coefficient (Wildman–Crippen LogP) is 3.43. The first-order chi connectivity index (χ1) is 9.04. The van der Waals surface area contributed by atoms with Crippen LogP contribution in [0.1, 0.15) is 24.2 Å². The van der Waals surface area contributed by atoms with Gasteiger partial charge in [-0.05, 0) is 18.2 Å². The fraction of sp³-hybridized carbons (Fsp3) is 0.250. The van der Waals surface area contributed by atoms with Gasteiger partial charge in [-0.3, -0.25) is 10.1 Å². The lowest BCUT2D eigenvalue weighted by atomic mass is 10.2. The van der Waals surface area contributed by atoms with E-state index in [1.54, 1.807) is 17.8 Å². The molecule has 7 heteroatoms. The molecule has 2 aromatic rings. The van der Waals surface area contributed by atoms with Gasteiger partial charge in [0, 0.05) is 10.8 Å². The summed E-state index contributed by atoms with van der Waals surface area (Å²) >= 11 is 2.88. The number of amides is 1. The lowest BCUT2D eigenvalue weighted by Gasteiger charge is -2.00. The zero-order valence-corrected chi connectivity index (χ0v) is 12.0. The number of aromatic nitrogens is 2. The molecule has 1 N–H and O–H groups in total. The molecule has 0 aliphatic rings. The minimum absolute atomic E-state index is 0.258. The van der Waals surface area contributed by atoms with Crippen LogP contribution in [0.25, 0.3) is 0 Å². The van der Waals surface area contributed by atoms with Crippen LogP contribution in [0, 0.1) is 5.82 Å². The van der Waals surface area contributed by atoms with Crippen molar-refractivity contribution < 1.29 is 9.18 Å². The summed E-state index contributed by atoms with van der Waals surface area (Å²) in [6.07, 6.45) is 0. The molecule has 19 heavy (non-hydrogen) atoms. The Balaban J connectivity index is 2.05. The number of thioether (sulfide) groups is 1. The van der Waals surface area contributed by atoms with Crippen LogP contribution in [0.15, 0.2) is 28.6 Å². The molecular formula is C12H12FN3OS2. The van der Waals surface area contributed by atoms with Crippen molar-refractivity contribution in [1.82, 2.24) is 10.2 Å². The van der Waals surface area contributed by atoms with Gasteiger partial charge in [-0.1, -0.05) is 43.0 Å². The van der Waals surface area contributed by atoms with E-state index in [2.05, 4.69) is 29.4 Å². The molecule has 1 amide bonds.